The van der Waals surface area contributed by atoms with Crippen LogP contribution in [-0.2, 0) is 9.53 Å². The van der Waals surface area contributed by atoms with Gasteiger partial charge in [-0.2, -0.15) is 0 Å². The number of alkyl carbamates (subject to hydrolysis) is 1. The van der Waals surface area contributed by atoms with Gasteiger partial charge in [0.2, 0.25) is 5.91 Å². The fraction of sp³-hybridized carbons (Fsp3) is 0.414. The van der Waals surface area contributed by atoms with E-state index in [1.54, 1.807) is 64.0 Å². The van der Waals surface area contributed by atoms with Crippen molar-refractivity contribution in [1.29, 1.82) is 10.8 Å². The standard InChI is InChI=1S/C29H35ClN6O4/c1-17(31)36-24-11-10-21(39-5)14-22(24)26(18-6-8-19(30)9-7-18)34-23(27(36)32)15-25(37)35-13-12-20(16-35)33-28(38)40-29(2,3)4/h6-11,14,20,23,31-32H,12-13,15-16H2,1-5H3,(H,33,38)/t20?,23-/m0/s1. The highest BCUT2D eigenvalue weighted by Gasteiger charge is 2.35. The molecule has 10 nitrogen and oxygen atoms in total. The quantitative estimate of drug-likeness (QED) is 0.351. The van der Waals surface area contributed by atoms with Crippen molar-refractivity contribution in [2.24, 2.45) is 4.99 Å². The number of carbonyl (C=O) groups is 2. The molecule has 2 atom stereocenters. The Morgan fingerprint density at radius 1 is 1.18 bits per heavy atom. The van der Waals surface area contributed by atoms with Gasteiger partial charge in [-0.3, -0.25) is 25.5 Å². The minimum Gasteiger partial charge on any atom is -0.497 e. The maximum absolute atomic E-state index is 13.5. The molecule has 2 heterocycles. The number of benzodiazepines with no additional fused rings is 1. The lowest BCUT2D eigenvalue weighted by Gasteiger charge is -2.27. The van der Waals surface area contributed by atoms with Crippen molar-refractivity contribution >= 4 is 46.7 Å². The van der Waals surface area contributed by atoms with Crippen LogP contribution in [0.3, 0.4) is 0 Å². The van der Waals surface area contributed by atoms with Crippen molar-refractivity contribution in [3.8, 4) is 5.75 Å². The predicted molar refractivity (Wildman–Crippen MR) is 156 cm³/mol. The molecule has 11 heteroatoms. The van der Waals surface area contributed by atoms with Gasteiger partial charge in [0, 0.05) is 29.2 Å². The molecular formula is C29H35ClN6O4. The zero-order valence-electron chi connectivity index (χ0n) is 23.4. The molecule has 0 aliphatic carbocycles. The first-order chi connectivity index (χ1) is 18.9. The van der Waals surface area contributed by atoms with E-state index in [9.17, 15) is 9.59 Å². The summed E-state index contributed by atoms with van der Waals surface area (Å²) in [7, 11) is 1.57. The zero-order valence-corrected chi connectivity index (χ0v) is 24.1. The van der Waals surface area contributed by atoms with E-state index in [2.05, 4.69) is 5.32 Å². The first kappa shape index (κ1) is 29.1. The summed E-state index contributed by atoms with van der Waals surface area (Å²) in [6.07, 6.45) is 0.0210. The molecule has 1 saturated heterocycles. The molecule has 0 radical (unpaired) electrons. The number of anilines is 1. The monoisotopic (exact) mass is 566 g/mol. The molecule has 1 unspecified atom stereocenters. The second-order valence-corrected chi connectivity index (χ2v) is 11.3. The van der Waals surface area contributed by atoms with E-state index in [4.69, 9.17) is 36.9 Å². The van der Waals surface area contributed by atoms with Crippen LogP contribution in [0.15, 0.2) is 47.5 Å². The molecule has 2 aromatic carbocycles. The lowest BCUT2D eigenvalue weighted by atomic mass is 9.99. The smallest absolute Gasteiger partial charge is 0.407 e. The van der Waals surface area contributed by atoms with Crippen LogP contribution in [0.2, 0.25) is 5.02 Å². The van der Waals surface area contributed by atoms with E-state index in [1.807, 2.05) is 18.2 Å². The summed E-state index contributed by atoms with van der Waals surface area (Å²) in [5, 5.41) is 20.9. The maximum Gasteiger partial charge on any atom is 0.407 e. The predicted octanol–water partition coefficient (Wildman–Crippen LogP) is 4.86. The highest BCUT2D eigenvalue weighted by Crippen LogP contribution is 2.33. The number of hydrogen-bond donors (Lipinski definition) is 3. The number of rotatable bonds is 5. The Kier molecular flexibility index (Phi) is 8.48. The largest absolute Gasteiger partial charge is 0.497 e. The Labute approximate surface area is 239 Å². The van der Waals surface area contributed by atoms with Crippen molar-refractivity contribution in [2.45, 2.75) is 58.2 Å². The number of likely N-dealkylation sites (tertiary alicyclic amines) is 1. The summed E-state index contributed by atoms with van der Waals surface area (Å²) in [5.41, 5.74) is 2.00. The Balaban J connectivity index is 1.63. The lowest BCUT2D eigenvalue weighted by molar-refractivity contribution is -0.130. The van der Waals surface area contributed by atoms with Crippen LogP contribution in [0.1, 0.15) is 51.7 Å². The number of nitrogens with zero attached hydrogens (tertiary/aromatic N) is 3. The van der Waals surface area contributed by atoms with E-state index >= 15 is 0 Å². The van der Waals surface area contributed by atoms with Crippen LogP contribution in [-0.4, -0.2) is 72.2 Å². The third kappa shape index (κ3) is 6.62. The first-order valence-corrected chi connectivity index (χ1v) is 13.5. The summed E-state index contributed by atoms with van der Waals surface area (Å²) in [6, 6.07) is 11.5. The topological polar surface area (TPSA) is 131 Å². The number of fused-ring (bicyclic) bond motifs is 1. The number of halogens is 1. The molecule has 3 N–H and O–H groups in total. The van der Waals surface area contributed by atoms with Crippen LogP contribution in [0.25, 0.3) is 0 Å². The van der Waals surface area contributed by atoms with E-state index in [0.29, 0.717) is 47.2 Å². The van der Waals surface area contributed by atoms with Gasteiger partial charge in [-0.05, 0) is 64.4 Å². The molecular weight excluding hydrogens is 532 g/mol. The molecule has 1 fully saturated rings. The third-order valence-corrected chi connectivity index (χ3v) is 6.88. The Morgan fingerprint density at radius 2 is 1.88 bits per heavy atom. The normalized spacial score (nSPS) is 18.9. The Hall–Kier alpha value is -3.92. The van der Waals surface area contributed by atoms with Gasteiger partial charge >= 0.3 is 6.09 Å². The molecule has 0 aromatic heterocycles. The summed E-state index contributed by atoms with van der Waals surface area (Å²) in [4.78, 5) is 33.8. The minimum atomic E-state index is -0.852. The average Bonchev–Trinajstić information content (AvgIpc) is 3.30. The minimum absolute atomic E-state index is 0.0267. The van der Waals surface area contributed by atoms with Crippen molar-refractivity contribution in [2.75, 3.05) is 25.1 Å². The second kappa shape index (κ2) is 11.7. The molecule has 2 aromatic rings. The number of methoxy groups -OCH3 is 1. The number of hydrogen-bond acceptors (Lipinski definition) is 7. The SMILES string of the molecule is COc1ccc2c(c1)C(c1ccc(Cl)cc1)=N[C@@H](CC(=O)N1CCC(NC(=O)OC(C)(C)C)C1)C(=N)N2C(C)=N. The molecule has 212 valence electrons. The van der Waals surface area contributed by atoms with Crippen LogP contribution in [0.4, 0.5) is 10.5 Å². The first-order valence-electron chi connectivity index (χ1n) is 13.1. The van der Waals surface area contributed by atoms with Crippen molar-refractivity contribution in [3.05, 3.63) is 58.6 Å². The van der Waals surface area contributed by atoms with Crippen LogP contribution in [0.5, 0.6) is 5.75 Å². The molecule has 40 heavy (non-hydrogen) atoms. The summed E-state index contributed by atoms with van der Waals surface area (Å²) >= 11 is 6.15. The van der Waals surface area contributed by atoms with E-state index in [1.165, 1.54) is 4.90 Å². The maximum atomic E-state index is 13.5. The highest BCUT2D eigenvalue weighted by molar-refractivity contribution is 6.31. The fourth-order valence-electron chi connectivity index (χ4n) is 4.81. The molecule has 2 aliphatic heterocycles. The van der Waals surface area contributed by atoms with Crippen LogP contribution >= 0.6 is 11.6 Å². The van der Waals surface area contributed by atoms with Gasteiger partial charge in [0.15, 0.2) is 0 Å². The zero-order chi connectivity index (χ0) is 29.2. The van der Waals surface area contributed by atoms with E-state index < -0.39 is 17.7 Å². The van der Waals surface area contributed by atoms with Crippen molar-refractivity contribution in [1.82, 2.24) is 10.2 Å². The number of aliphatic imine (C=N–C) groups is 1. The molecule has 4 rings (SSSR count). The van der Waals surface area contributed by atoms with Gasteiger partial charge in [-0.1, -0.05) is 23.7 Å². The van der Waals surface area contributed by atoms with Gasteiger partial charge < -0.3 is 19.7 Å². The summed E-state index contributed by atoms with van der Waals surface area (Å²) in [6.45, 7) is 7.80. The summed E-state index contributed by atoms with van der Waals surface area (Å²) < 4.78 is 10.8. The van der Waals surface area contributed by atoms with Crippen molar-refractivity contribution < 1.29 is 19.1 Å². The average molecular weight is 567 g/mol. The van der Waals surface area contributed by atoms with Gasteiger partial charge in [0.1, 0.15) is 29.1 Å². The molecule has 2 aliphatic rings. The van der Waals surface area contributed by atoms with E-state index in [-0.39, 0.29) is 30.0 Å². The van der Waals surface area contributed by atoms with Crippen molar-refractivity contribution in [3.63, 3.8) is 0 Å². The second-order valence-electron chi connectivity index (χ2n) is 10.9. The third-order valence-electron chi connectivity index (χ3n) is 6.62. The number of benzene rings is 2. The number of carbonyl (C=O) groups excluding carboxylic acids is 2. The van der Waals surface area contributed by atoms with Gasteiger partial charge in [0.25, 0.3) is 0 Å². The van der Waals surface area contributed by atoms with E-state index in [0.717, 1.165) is 5.56 Å². The molecule has 0 spiro atoms. The number of amidine groups is 2. The van der Waals surface area contributed by atoms with Gasteiger partial charge in [0.05, 0.1) is 31.0 Å². The molecule has 0 bridgehead atoms. The lowest BCUT2D eigenvalue weighted by Crippen LogP contribution is -2.44. The fourth-order valence-corrected chi connectivity index (χ4v) is 4.93. The summed E-state index contributed by atoms with van der Waals surface area (Å²) in [5.74, 6) is 0.571. The highest BCUT2D eigenvalue weighted by atomic mass is 35.5. The van der Waals surface area contributed by atoms with Gasteiger partial charge in [-0.25, -0.2) is 4.79 Å². The Bertz CT molecular complexity index is 1350. The van der Waals surface area contributed by atoms with Gasteiger partial charge in [-0.15, -0.1) is 0 Å². The Morgan fingerprint density at radius 3 is 2.50 bits per heavy atom. The molecule has 2 amide bonds. The molecule has 0 saturated carbocycles. The number of amides is 2. The van der Waals surface area contributed by atoms with Crippen LogP contribution in [0, 0.1) is 10.8 Å². The number of ether oxygens (including phenoxy) is 2. The van der Waals surface area contributed by atoms with Crippen LogP contribution < -0.4 is 15.0 Å². The number of nitrogens with one attached hydrogen (secondary N) is 3.